The Morgan fingerprint density at radius 2 is 2.04 bits per heavy atom. The molecule has 0 aromatic heterocycles. The molecule has 2 fully saturated rings. The number of carbonyl (C=O) groups excluding carboxylic acids is 3. The minimum Gasteiger partial charge on any atom is -0.462 e. The molecule has 6 heteroatoms. The van der Waals surface area contributed by atoms with Gasteiger partial charge in [-0.15, -0.1) is 0 Å². The van der Waals surface area contributed by atoms with Crippen molar-refractivity contribution in [2.45, 2.75) is 64.6 Å². The van der Waals surface area contributed by atoms with Crippen molar-refractivity contribution < 1.29 is 29.0 Å². The molecule has 0 aromatic carbocycles. The summed E-state index contributed by atoms with van der Waals surface area (Å²) in [6.07, 6.45) is 1.76. The lowest BCUT2D eigenvalue weighted by Crippen LogP contribution is -2.44. The van der Waals surface area contributed by atoms with Gasteiger partial charge in [-0.1, -0.05) is 0 Å². The fraction of sp³-hybridized carbons (Fsp3) is 0.824. The van der Waals surface area contributed by atoms with Crippen LogP contribution in [0.5, 0.6) is 0 Å². The highest BCUT2D eigenvalue weighted by atomic mass is 16.6. The number of rotatable bonds is 4. The van der Waals surface area contributed by atoms with Crippen molar-refractivity contribution in [2.75, 3.05) is 6.61 Å². The standard InChI is InChI=1S/C17H26O6/c1-10(18)13-7-12(16(3,4)21)5-6-17(9-22-11(2)19)14(13)8-15(20)23-17/h12-14,21H,5-9H2,1-4H3/t12-,13+,14+,17+/m1/s1. The Morgan fingerprint density at radius 1 is 1.39 bits per heavy atom. The fourth-order valence-electron chi connectivity index (χ4n) is 3.99. The van der Waals surface area contributed by atoms with Crippen LogP contribution in [-0.4, -0.2) is 40.6 Å². The zero-order chi connectivity index (χ0) is 17.4. The number of ketones is 1. The van der Waals surface area contributed by atoms with E-state index in [1.807, 2.05) is 0 Å². The first-order chi connectivity index (χ1) is 10.5. The van der Waals surface area contributed by atoms with Gasteiger partial charge in [-0.2, -0.15) is 0 Å². The predicted molar refractivity (Wildman–Crippen MR) is 81.4 cm³/mol. The normalized spacial score (nSPS) is 34.3. The van der Waals surface area contributed by atoms with Crippen molar-refractivity contribution in [1.29, 1.82) is 0 Å². The molecule has 1 aliphatic heterocycles. The topological polar surface area (TPSA) is 89.9 Å². The molecule has 0 unspecified atom stereocenters. The van der Waals surface area contributed by atoms with E-state index in [1.54, 1.807) is 13.8 Å². The molecule has 130 valence electrons. The molecule has 1 aliphatic carbocycles. The van der Waals surface area contributed by atoms with Gasteiger partial charge in [0.05, 0.1) is 12.0 Å². The first-order valence-corrected chi connectivity index (χ1v) is 8.13. The van der Waals surface area contributed by atoms with Crippen molar-refractivity contribution in [1.82, 2.24) is 0 Å². The number of fused-ring (bicyclic) bond motifs is 1. The average Bonchev–Trinajstić information content (AvgIpc) is 2.62. The third kappa shape index (κ3) is 3.74. The van der Waals surface area contributed by atoms with E-state index in [1.165, 1.54) is 13.8 Å². The summed E-state index contributed by atoms with van der Waals surface area (Å²) in [4.78, 5) is 35.3. The molecule has 2 aliphatic rings. The largest absolute Gasteiger partial charge is 0.462 e. The third-order valence-electron chi connectivity index (χ3n) is 5.36. The maximum absolute atomic E-state index is 12.2. The summed E-state index contributed by atoms with van der Waals surface area (Å²) in [6.45, 7) is 6.26. The fourth-order valence-corrected chi connectivity index (χ4v) is 3.99. The molecule has 0 bridgehead atoms. The van der Waals surface area contributed by atoms with Gasteiger partial charge >= 0.3 is 11.9 Å². The van der Waals surface area contributed by atoms with E-state index in [0.717, 1.165) is 0 Å². The van der Waals surface area contributed by atoms with Crippen molar-refractivity contribution in [2.24, 2.45) is 17.8 Å². The van der Waals surface area contributed by atoms with Crippen molar-refractivity contribution in [3.05, 3.63) is 0 Å². The molecule has 2 rings (SSSR count). The zero-order valence-corrected chi connectivity index (χ0v) is 14.3. The van der Waals surface area contributed by atoms with E-state index >= 15 is 0 Å². The highest BCUT2D eigenvalue weighted by Crippen LogP contribution is 2.49. The summed E-state index contributed by atoms with van der Waals surface area (Å²) in [7, 11) is 0. The van der Waals surface area contributed by atoms with E-state index in [9.17, 15) is 19.5 Å². The minimum atomic E-state index is -0.945. The molecule has 1 N–H and O–H groups in total. The van der Waals surface area contributed by atoms with Gasteiger partial charge in [0.1, 0.15) is 18.0 Å². The van der Waals surface area contributed by atoms with E-state index in [0.29, 0.717) is 19.3 Å². The second-order valence-electron chi connectivity index (χ2n) is 7.47. The Labute approximate surface area is 136 Å². The zero-order valence-electron chi connectivity index (χ0n) is 14.3. The monoisotopic (exact) mass is 326 g/mol. The molecule has 0 aromatic rings. The summed E-state index contributed by atoms with van der Waals surface area (Å²) in [5.41, 5.74) is -1.86. The number of hydrogen-bond acceptors (Lipinski definition) is 6. The van der Waals surface area contributed by atoms with Gasteiger partial charge < -0.3 is 14.6 Å². The maximum atomic E-state index is 12.2. The highest BCUT2D eigenvalue weighted by Gasteiger charge is 2.56. The molecule has 0 radical (unpaired) electrons. The maximum Gasteiger partial charge on any atom is 0.306 e. The van der Waals surface area contributed by atoms with Crippen LogP contribution >= 0.6 is 0 Å². The third-order valence-corrected chi connectivity index (χ3v) is 5.36. The molecule has 6 nitrogen and oxygen atoms in total. The summed E-state index contributed by atoms with van der Waals surface area (Å²) in [6, 6.07) is 0. The second kappa shape index (κ2) is 6.23. The van der Waals surface area contributed by atoms with Crippen LogP contribution < -0.4 is 0 Å². The van der Waals surface area contributed by atoms with Crippen LogP contribution in [-0.2, 0) is 23.9 Å². The number of ether oxygens (including phenoxy) is 2. The van der Waals surface area contributed by atoms with Crippen LogP contribution in [0.1, 0.15) is 53.4 Å². The molecular weight excluding hydrogens is 300 g/mol. The van der Waals surface area contributed by atoms with Crippen LogP contribution in [0.3, 0.4) is 0 Å². The molecule has 0 spiro atoms. The van der Waals surface area contributed by atoms with Crippen LogP contribution in [0.25, 0.3) is 0 Å². The Kier molecular flexibility index (Phi) is 4.85. The molecule has 23 heavy (non-hydrogen) atoms. The Hall–Kier alpha value is -1.43. The van der Waals surface area contributed by atoms with Crippen LogP contribution in [0.4, 0.5) is 0 Å². The quantitative estimate of drug-likeness (QED) is 0.790. The minimum absolute atomic E-state index is 0.0170. The average molecular weight is 326 g/mol. The molecule has 1 heterocycles. The van der Waals surface area contributed by atoms with Gasteiger partial charge in [0.2, 0.25) is 0 Å². The molecular formula is C17H26O6. The van der Waals surface area contributed by atoms with Crippen molar-refractivity contribution >= 4 is 17.7 Å². The molecule has 1 saturated carbocycles. The van der Waals surface area contributed by atoms with Gasteiger partial charge in [-0.25, -0.2) is 0 Å². The summed E-state index contributed by atoms with van der Waals surface area (Å²) < 4.78 is 10.7. The first-order valence-electron chi connectivity index (χ1n) is 8.13. The van der Waals surface area contributed by atoms with Crippen LogP contribution in [0.2, 0.25) is 0 Å². The lowest BCUT2D eigenvalue weighted by molar-refractivity contribution is -0.166. The molecule has 0 amide bonds. The Balaban J connectivity index is 2.35. The first kappa shape index (κ1) is 17.9. The lowest BCUT2D eigenvalue weighted by Gasteiger charge is -2.34. The van der Waals surface area contributed by atoms with Crippen LogP contribution in [0, 0.1) is 17.8 Å². The van der Waals surface area contributed by atoms with Crippen molar-refractivity contribution in [3.63, 3.8) is 0 Å². The number of hydrogen-bond donors (Lipinski definition) is 1. The van der Waals surface area contributed by atoms with Gasteiger partial charge in [0.15, 0.2) is 0 Å². The second-order valence-corrected chi connectivity index (χ2v) is 7.47. The molecule has 1 saturated heterocycles. The smallest absolute Gasteiger partial charge is 0.306 e. The van der Waals surface area contributed by atoms with E-state index in [-0.39, 0.29) is 42.5 Å². The summed E-state index contributed by atoms with van der Waals surface area (Å²) >= 11 is 0. The number of Topliss-reactive ketones (excluding diaryl/α,β-unsaturated/α-hetero) is 1. The van der Waals surface area contributed by atoms with Gasteiger partial charge in [-0.3, -0.25) is 14.4 Å². The Morgan fingerprint density at radius 3 is 2.57 bits per heavy atom. The summed E-state index contributed by atoms with van der Waals surface area (Å²) in [5, 5.41) is 10.4. The van der Waals surface area contributed by atoms with Gasteiger partial charge in [0.25, 0.3) is 0 Å². The highest BCUT2D eigenvalue weighted by molar-refractivity contribution is 5.81. The number of esters is 2. The summed E-state index contributed by atoms with van der Waals surface area (Å²) in [5.74, 6) is -1.57. The Bertz CT molecular complexity index is 506. The lowest BCUT2D eigenvalue weighted by atomic mass is 9.74. The van der Waals surface area contributed by atoms with Gasteiger partial charge in [-0.05, 0) is 46.0 Å². The van der Waals surface area contributed by atoms with Crippen molar-refractivity contribution in [3.8, 4) is 0 Å². The van der Waals surface area contributed by atoms with Gasteiger partial charge in [0, 0.05) is 18.8 Å². The predicted octanol–water partition coefficient (Wildman–Crippen LogP) is 1.63. The van der Waals surface area contributed by atoms with E-state index in [4.69, 9.17) is 9.47 Å². The number of aliphatic hydroxyl groups is 1. The number of carbonyl (C=O) groups is 3. The molecule has 4 atom stereocenters. The van der Waals surface area contributed by atoms with Crippen LogP contribution in [0.15, 0.2) is 0 Å². The van der Waals surface area contributed by atoms with E-state index < -0.39 is 17.2 Å². The SMILES string of the molecule is CC(=O)OC[C@@]12CC[C@@H](C(C)(C)O)C[C@@H](C(C)=O)[C@@H]1CC(=O)O2. The van der Waals surface area contributed by atoms with E-state index in [2.05, 4.69) is 0 Å².